The first-order chi connectivity index (χ1) is 13.6. The number of nitrogens with zero attached hydrogens (tertiary/aromatic N) is 1. The summed E-state index contributed by atoms with van der Waals surface area (Å²) in [5.74, 6) is 0.352. The van der Waals surface area contributed by atoms with Crippen molar-refractivity contribution in [1.82, 2.24) is 10.3 Å². The van der Waals surface area contributed by atoms with Gasteiger partial charge in [0, 0.05) is 11.3 Å². The van der Waals surface area contributed by atoms with Crippen LogP contribution in [-0.2, 0) is 6.42 Å². The molecule has 0 aliphatic heterocycles. The van der Waals surface area contributed by atoms with Gasteiger partial charge in [-0.25, -0.2) is 4.98 Å². The van der Waals surface area contributed by atoms with Gasteiger partial charge in [0.05, 0.1) is 4.88 Å². The highest BCUT2D eigenvalue weighted by molar-refractivity contribution is 7.80. The predicted molar refractivity (Wildman–Crippen MR) is 117 cm³/mol. The molecule has 0 bridgehead atoms. The lowest BCUT2D eigenvalue weighted by Gasteiger charge is -2.09. The van der Waals surface area contributed by atoms with Crippen molar-refractivity contribution in [3.63, 3.8) is 0 Å². The Hall–Kier alpha value is -3.03. The molecule has 1 amide bonds. The summed E-state index contributed by atoms with van der Waals surface area (Å²) in [6, 6.07) is 17.2. The SMILES string of the molecule is CCc1ccc2oc(-c3ccc(NC(=S)NC(=O)c4cccs4)cc3)nc2c1. The van der Waals surface area contributed by atoms with E-state index in [1.165, 1.54) is 16.9 Å². The average Bonchev–Trinajstić information content (AvgIpc) is 3.37. The highest BCUT2D eigenvalue weighted by atomic mass is 32.1. The molecule has 0 spiro atoms. The molecule has 0 saturated heterocycles. The fourth-order valence-electron chi connectivity index (χ4n) is 2.75. The molecular weight excluding hydrogens is 390 g/mol. The lowest BCUT2D eigenvalue weighted by Crippen LogP contribution is -2.33. The van der Waals surface area contributed by atoms with E-state index >= 15 is 0 Å². The lowest BCUT2D eigenvalue weighted by molar-refractivity contribution is 0.0981. The first-order valence-electron chi connectivity index (χ1n) is 8.78. The number of anilines is 1. The third kappa shape index (κ3) is 3.95. The van der Waals surface area contributed by atoms with Gasteiger partial charge in [-0.1, -0.05) is 19.1 Å². The second kappa shape index (κ2) is 7.92. The first-order valence-corrected chi connectivity index (χ1v) is 10.1. The Balaban J connectivity index is 1.45. The van der Waals surface area contributed by atoms with Crippen LogP contribution in [0.25, 0.3) is 22.6 Å². The average molecular weight is 408 g/mol. The summed E-state index contributed by atoms with van der Waals surface area (Å²) in [6.45, 7) is 2.11. The Bertz CT molecular complexity index is 1130. The van der Waals surface area contributed by atoms with Gasteiger partial charge in [-0.3, -0.25) is 10.1 Å². The van der Waals surface area contributed by atoms with Crippen molar-refractivity contribution in [3.05, 3.63) is 70.4 Å². The molecule has 0 saturated carbocycles. The number of amides is 1. The van der Waals surface area contributed by atoms with Gasteiger partial charge in [0.2, 0.25) is 5.89 Å². The molecular formula is C21H17N3O2S2. The van der Waals surface area contributed by atoms with Crippen molar-refractivity contribution in [2.24, 2.45) is 0 Å². The van der Waals surface area contributed by atoms with Crippen molar-refractivity contribution in [3.8, 4) is 11.5 Å². The maximum atomic E-state index is 12.0. The summed E-state index contributed by atoms with van der Waals surface area (Å²) in [5, 5.41) is 7.77. The van der Waals surface area contributed by atoms with Crippen LogP contribution >= 0.6 is 23.6 Å². The van der Waals surface area contributed by atoms with Crippen molar-refractivity contribution in [2.45, 2.75) is 13.3 Å². The Kier molecular flexibility index (Phi) is 5.18. The van der Waals surface area contributed by atoms with E-state index in [9.17, 15) is 4.79 Å². The summed E-state index contributed by atoms with van der Waals surface area (Å²) in [5.41, 5.74) is 4.49. The van der Waals surface area contributed by atoms with Gasteiger partial charge in [0.15, 0.2) is 10.7 Å². The number of nitrogens with one attached hydrogen (secondary N) is 2. The molecule has 0 atom stereocenters. The smallest absolute Gasteiger partial charge is 0.267 e. The molecule has 4 aromatic rings. The summed E-state index contributed by atoms with van der Waals surface area (Å²) in [6.07, 6.45) is 0.960. The maximum absolute atomic E-state index is 12.0. The van der Waals surface area contributed by atoms with Crippen molar-refractivity contribution < 1.29 is 9.21 Å². The van der Waals surface area contributed by atoms with Gasteiger partial charge in [-0.05, 0) is 72.0 Å². The number of carbonyl (C=O) groups is 1. The van der Waals surface area contributed by atoms with E-state index in [0.29, 0.717) is 10.8 Å². The van der Waals surface area contributed by atoms with Gasteiger partial charge in [-0.15, -0.1) is 11.3 Å². The topological polar surface area (TPSA) is 67.2 Å². The van der Waals surface area contributed by atoms with E-state index in [1.54, 1.807) is 6.07 Å². The Morgan fingerprint density at radius 1 is 1.18 bits per heavy atom. The number of thiophene rings is 1. The number of thiocarbonyl (C=S) groups is 1. The third-order valence-corrected chi connectivity index (χ3v) is 5.29. The van der Waals surface area contributed by atoms with Gasteiger partial charge >= 0.3 is 0 Å². The zero-order chi connectivity index (χ0) is 19.5. The molecule has 0 aliphatic carbocycles. The lowest BCUT2D eigenvalue weighted by atomic mass is 10.1. The predicted octanol–water partition coefficient (Wildman–Crippen LogP) is 5.25. The molecule has 2 aromatic heterocycles. The second-order valence-corrected chi connectivity index (χ2v) is 7.49. The van der Waals surface area contributed by atoms with E-state index < -0.39 is 0 Å². The maximum Gasteiger partial charge on any atom is 0.267 e. The summed E-state index contributed by atoms with van der Waals surface area (Å²) in [7, 11) is 0. The molecule has 0 radical (unpaired) electrons. The van der Waals surface area contributed by atoms with Crippen LogP contribution in [0.15, 0.2) is 64.4 Å². The minimum atomic E-state index is -0.220. The quantitative estimate of drug-likeness (QED) is 0.453. The zero-order valence-electron chi connectivity index (χ0n) is 15.1. The van der Waals surface area contributed by atoms with Crippen molar-refractivity contribution in [2.75, 3.05) is 5.32 Å². The number of fused-ring (bicyclic) bond motifs is 1. The Morgan fingerprint density at radius 3 is 2.71 bits per heavy atom. The Morgan fingerprint density at radius 2 is 2.00 bits per heavy atom. The van der Waals surface area contributed by atoms with Crippen LogP contribution in [0.3, 0.4) is 0 Å². The van der Waals surface area contributed by atoms with Gasteiger partial charge in [-0.2, -0.15) is 0 Å². The van der Waals surface area contributed by atoms with Gasteiger partial charge < -0.3 is 9.73 Å². The number of aromatic nitrogens is 1. The van der Waals surface area contributed by atoms with Crippen LogP contribution in [0, 0.1) is 0 Å². The van der Waals surface area contributed by atoms with E-state index in [0.717, 1.165) is 28.8 Å². The van der Waals surface area contributed by atoms with E-state index in [-0.39, 0.29) is 11.0 Å². The minimum Gasteiger partial charge on any atom is -0.436 e. The molecule has 4 rings (SSSR count). The molecule has 5 nitrogen and oxygen atoms in total. The third-order valence-electron chi connectivity index (χ3n) is 4.22. The number of benzene rings is 2. The van der Waals surface area contributed by atoms with Crippen LogP contribution in [0.1, 0.15) is 22.2 Å². The number of carbonyl (C=O) groups excluding carboxylic acids is 1. The molecule has 28 heavy (non-hydrogen) atoms. The number of aryl methyl sites for hydroxylation is 1. The summed E-state index contributed by atoms with van der Waals surface area (Å²) in [4.78, 5) is 17.2. The summed E-state index contributed by atoms with van der Waals surface area (Å²) >= 11 is 6.58. The van der Waals surface area contributed by atoms with Crippen LogP contribution in [0.4, 0.5) is 5.69 Å². The fourth-order valence-corrected chi connectivity index (χ4v) is 3.58. The first kappa shape index (κ1) is 18.3. The fraction of sp³-hybridized carbons (Fsp3) is 0.0952. The van der Waals surface area contributed by atoms with E-state index in [4.69, 9.17) is 16.6 Å². The standard InChI is InChI=1S/C21H17N3O2S2/c1-2-13-5-10-17-16(12-13)23-20(26-17)14-6-8-15(9-7-14)22-21(27)24-19(25)18-4-3-11-28-18/h3-12H,2H2,1H3,(H2,22,24,25,27). The van der Waals surface area contributed by atoms with Crippen molar-refractivity contribution >= 4 is 51.4 Å². The second-order valence-electron chi connectivity index (χ2n) is 6.14. The molecule has 2 N–H and O–H groups in total. The molecule has 0 aliphatic rings. The largest absolute Gasteiger partial charge is 0.436 e. The normalized spacial score (nSPS) is 10.8. The highest BCUT2D eigenvalue weighted by Crippen LogP contribution is 2.26. The summed E-state index contributed by atoms with van der Waals surface area (Å²) < 4.78 is 5.86. The highest BCUT2D eigenvalue weighted by Gasteiger charge is 2.11. The number of hydrogen-bond donors (Lipinski definition) is 2. The molecule has 7 heteroatoms. The number of hydrogen-bond acceptors (Lipinski definition) is 5. The van der Waals surface area contributed by atoms with E-state index in [1.807, 2.05) is 47.8 Å². The van der Waals surface area contributed by atoms with Crippen LogP contribution in [-0.4, -0.2) is 16.0 Å². The molecule has 0 fully saturated rings. The molecule has 0 unspecified atom stereocenters. The van der Waals surface area contributed by atoms with E-state index in [2.05, 4.69) is 28.6 Å². The van der Waals surface area contributed by atoms with Gasteiger partial charge in [0.1, 0.15) is 5.52 Å². The van der Waals surface area contributed by atoms with Crippen LogP contribution in [0.2, 0.25) is 0 Å². The number of rotatable bonds is 4. The van der Waals surface area contributed by atoms with Gasteiger partial charge in [0.25, 0.3) is 5.91 Å². The Labute approximate surface area is 171 Å². The molecule has 2 aromatic carbocycles. The monoisotopic (exact) mass is 407 g/mol. The zero-order valence-corrected chi connectivity index (χ0v) is 16.7. The van der Waals surface area contributed by atoms with Crippen LogP contribution in [0.5, 0.6) is 0 Å². The molecule has 140 valence electrons. The minimum absolute atomic E-state index is 0.220. The number of oxazole rings is 1. The van der Waals surface area contributed by atoms with Crippen LogP contribution < -0.4 is 10.6 Å². The van der Waals surface area contributed by atoms with Crippen molar-refractivity contribution in [1.29, 1.82) is 0 Å². The molecule has 2 heterocycles.